The Morgan fingerprint density at radius 2 is 1.83 bits per heavy atom. The molecule has 2 amide bonds. The molecular formula is C16H28N4O3. The zero-order valence-electron chi connectivity index (χ0n) is 14.0. The van der Waals surface area contributed by atoms with Crippen LogP contribution in [0.1, 0.15) is 6.92 Å². The van der Waals surface area contributed by atoms with Crippen molar-refractivity contribution in [1.29, 1.82) is 0 Å². The predicted molar refractivity (Wildman–Crippen MR) is 88.1 cm³/mol. The van der Waals surface area contributed by atoms with Crippen LogP contribution >= 0.6 is 0 Å². The Morgan fingerprint density at radius 1 is 1.17 bits per heavy atom. The van der Waals surface area contributed by atoms with Gasteiger partial charge in [-0.2, -0.15) is 0 Å². The first-order chi connectivity index (χ1) is 11.1. The molecule has 2 aliphatic rings. The summed E-state index contributed by atoms with van der Waals surface area (Å²) in [5, 5.41) is 2.83. The quantitative estimate of drug-likeness (QED) is 0.645. The van der Waals surface area contributed by atoms with Crippen LogP contribution in [0.15, 0.2) is 12.7 Å². The monoisotopic (exact) mass is 324 g/mol. The van der Waals surface area contributed by atoms with Crippen molar-refractivity contribution in [2.45, 2.75) is 13.0 Å². The molecule has 2 rings (SSSR count). The summed E-state index contributed by atoms with van der Waals surface area (Å²) in [6.07, 6.45) is 1.68. The van der Waals surface area contributed by atoms with Gasteiger partial charge in [0.15, 0.2) is 0 Å². The van der Waals surface area contributed by atoms with Crippen LogP contribution in [-0.4, -0.2) is 98.1 Å². The normalized spacial score (nSPS) is 21.7. The minimum absolute atomic E-state index is 0.0303. The smallest absolute Gasteiger partial charge is 0.237 e. The van der Waals surface area contributed by atoms with E-state index in [-0.39, 0.29) is 17.9 Å². The van der Waals surface area contributed by atoms with Crippen molar-refractivity contribution in [2.24, 2.45) is 0 Å². The molecule has 7 nitrogen and oxygen atoms in total. The average molecular weight is 324 g/mol. The first-order valence-electron chi connectivity index (χ1n) is 8.32. The Balaban J connectivity index is 1.71. The van der Waals surface area contributed by atoms with E-state index in [2.05, 4.69) is 21.7 Å². The number of amides is 2. The van der Waals surface area contributed by atoms with Crippen molar-refractivity contribution in [2.75, 3.05) is 65.6 Å². The van der Waals surface area contributed by atoms with Crippen LogP contribution in [0.3, 0.4) is 0 Å². The van der Waals surface area contributed by atoms with Crippen LogP contribution in [0.4, 0.5) is 0 Å². The first kappa shape index (κ1) is 17.9. The van der Waals surface area contributed by atoms with E-state index in [1.807, 2.05) is 11.8 Å². The van der Waals surface area contributed by atoms with Crippen LogP contribution in [0.25, 0.3) is 0 Å². The second kappa shape index (κ2) is 9.00. The standard InChI is InChI=1S/C16H28N4O3/c1-3-4-17-16(22)14(2)19-7-5-18(6-8-19)13-15(21)20-9-11-23-12-10-20/h3,14H,1,4-13H2,2H3,(H,17,22). The molecule has 2 saturated heterocycles. The fourth-order valence-electron chi connectivity index (χ4n) is 2.90. The second-order valence-corrected chi connectivity index (χ2v) is 6.02. The molecule has 0 radical (unpaired) electrons. The molecule has 0 spiro atoms. The molecule has 0 saturated carbocycles. The number of hydrogen-bond donors (Lipinski definition) is 1. The molecule has 23 heavy (non-hydrogen) atoms. The molecule has 7 heteroatoms. The third-order valence-corrected chi connectivity index (χ3v) is 4.48. The zero-order chi connectivity index (χ0) is 16.7. The van der Waals surface area contributed by atoms with Crippen molar-refractivity contribution < 1.29 is 14.3 Å². The summed E-state index contributed by atoms with van der Waals surface area (Å²) in [4.78, 5) is 30.4. The molecule has 1 N–H and O–H groups in total. The number of nitrogens with one attached hydrogen (secondary N) is 1. The molecule has 2 heterocycles. The molecule has 0 aromatic rings. The van der Waals surface area contributed by atoms with Gasteiger partial charge in [0.1, 0.15) is 0 Å². The lowest BCUT2D eigenvalue weighted by molar-refractivity contribution is -0.137. The largest absolute Gasteiger partial charge is 0.378 e. The number of rotatable bonds is 6. The molecule has 1 atom stereocenters. The van der Waals surface area contributed by atoms with E-state index in [4.69, 9.17) is 4.74 Å². The zero-order valence-corrected chi connectivity index (χ0v) is 14.0. The van der Waals surface area contributed by atoms with Gasteiger partial charge in [-0.15, -0.1) is 6.58 Å². The van der Waals surface area contributed by atoms with E-state index in [1.165, 1.54) is 0 Å². The lowest BCUT2D eigenvalue weighted by Crippen LogP contribution is -2.55. The van der Waals surface area contributed by atoms with Crippen LogP contribution in [0.5, 0.6) is 0 Å². The van der Waals surface area contributed by atoms with Gasteiger partial charge in [0.25, 0.3) is 0 Å². The Morgan fingerprint density at radius 3 is 2.43 bits per heavy atom. The molecular weight excluding hydrogens is 296 g/mol. The van der Waals surface area contributed by atoms with Crippen LogP contribution in [-0.2, 0) is 14.3 Å². The van der Waals surface area contributed by atoms with Gasteiger partial charge in [0.2, 0.25) is 11.8 Å². The lowest BCUT2D eigenvalue weighted by atomic mass is 10.2. The fourth-order valence-corrected chi connectivity index (χ4v) is 2.90. The summed E-state index contributed by atoms with van der Waals surface area (Å²) in [6.45, 7) is 12.4. The third-order valence-electron chi connectivity index (χ3n) is 4.48. The molecule has 0 aromatic carbocycles. The van der Waals surface area contributed by atoms with Crippen molar-refractivity contribution in [1.82, 2.24) is 20.0 Å². The molecule has 0 aliphatic carbocycles. The Kier molecular flexibility index (Phi) is 7.01. The van der Waals surface area contributed by atoms with Crippen molar-refractivity contribution >= 4 is 11.8 Å². The molecule has 1 unspecified atom stereocenters. The number of carbonyl (C=O) groups is 2. The van der Waals surface area contributed by atoms with Crippen molar-refractivity contribution in [3.63, 3.8) is 0 Å². The number of carbonyl (C=O) groups excluding carboxylic acids is 2. The predicted octanol–water partition coefficient (Wildman–Crippen LogP) is -0.846. The highest BCUT2D eigenvalue weighted by Crippen LogP contribution is 2.08. The number of piperazine rings is 1. The van der Waals surface area contributed by atoms with E-state index in [1.54, 1.807) is 6.08 Å². The molecule has 2 fully saturated rings. The van der Waals surface area contributed by atoms with Gasteiger partial charge in [-0.3, -0.25) is 19.4 Å². The summed E-state index contributed by atoms with van der Waals surface area (Å²) in [5.74, 6) is 0.210. The summed E-state index contributed by atoms with van der Waals surface area (Å²) in [6, 6.07) is -0.146. The van der Waals surface area contributed by atoms with Gasteiger partial charge in [-0.1, -0.05) is 6.08 Å². The minimum atomic E-state index is -0.146. The Bertz CT molecular complexity index is 416. The fraction of sp³-hybridized carbons (Fsp3) is 0.750. The number of hydrogen-bond acceptors (Lipinski definition) is 5. The summed E-state index contributed by atoms with van der Waals surface area (Å²) >= 11 is 0. The maximum absolute atomic E-state index is 12.2. The average Bonchev–Trinajstić information content (AvgIpc) is 2.60. The van der Waals surface area contributed by atoms with E-state index >= 15 is 0 Å². The van der Waals surface area contributed by atoms with Gasteiger partial charge < -0.3 is 15.0 Å². The molecule has 2 aliphatic heterocycles. The topological polar surface area (TPSA) is 65.1 Å². The molecule has 0 bridgehead atoms. The van der Waals surface area contributed by atoms with Gasteiger partial charge in [0, 0.05) is 45.8 Å². The van der Waals surface area contributed by atoms with Gasteiger partial charge in [-0.25, -0.2) is 0 Å². The number of nitrogens with zero attached hydrogens (tertiary/aromatic N) is 3. The van der Waals surface area contributed by atoms with Crippen molar-refractivity contribution in [3.8, 4) is 0 Å². The highest BCUT2D eigenvalue weighted by atomic mass is 16.5. The Hall–Kier alpha value is -1.44. The van der Waals surface area contributed by atoms with Gasteiger partial charge in [0.05, 0.1) is 25.8 Å². The maximum Gasteiger partial charge on any atom is 0.237 e. The third kappa shape index (κ3) is 5.30. The maximum atomic E-state index is 12.2. The first-order valence-corrected chi connectivity index (χ1v) is 8.32. The summed E-state index contributed by atoms with van der Waals surface area (Å²) in [5.41, 5.74) is 0. The van der Waals surface area contributed by atoms with Gasteiger partial charge >= 0.3 is 0 Å². The summed E-state index contributed by atoms with van der Waals surface area (Å²) in [7, 11) is 0. The van der Waals surface area contributed by atoms with Crippen LogP contribution in [0.2, 0.25) is 0 Å². The molecule has 130 valence electrons. The van der Waals surface area contributed by atoms with Crippen molar-refractivity contribution in [3.05, 3.63) is 12.7 Å². The highest BCUT2D eigenvalue weighted by molar-refractivity contribution is 5.81. The van der Waals surface area contributed by atoms with E-state index in [0.29, 0.717) is 39.4 Å². The lowest BCUT2D eigenvalue weighted by Gasteiger charge is -2.38. The molecule has 0 aromatic heterocycles. The second-order valence-electron chi connectivity index (χ2n) is 6.02. The van der Waals surface area contributed by atoms with E-state index in [0.717, 1.165) is 26.2 Å². The number of morpholine rings is 1. The SMILES string of the molecule is C=CCNC(=O)C(C)N1CCN(CC(=O)N2CCOCC2)CC1. The minimum Gasteiger partial charge on any atom is -0.378 e. The van der Waals surface area contributed by atoms with Gasteiger partial charge in [-0.05, 0) is 6.92 Å². The van der Waals surface area contributed by atoms with E-state index < -0.39 is 0 Å². The highest BCUT2D eigenvalue weighted by Gasteiger charge is 2.27. The summed E-state index contributed by atoms with van der Waals surface area (Å²) < 4.78 is 5.27. The van der Waals surface area contributed by atoms with Crippen LogP contribution < -0.4 is 5.32 Å². The van der Waals surface area contributed by atoms with Crippen LogP contribution in [0, 0.1) is 0 Å². The number of ether oxygens (including phenoxy) is 1. The van der Waals surface area contributed by atoms with E-state index in [9.17, 15) is 9.59 Å². The Labute approximate surface area is 138 Å².